The summed E-state index contributed by atoms with van der Waals surface area (Å²) >= 11 is 0. The molecular weight excluding hydrogens is 421 g/mol. The first-order valence-electron chi connectivity index (χ1n) is 9.53. The molecule has 160 valence electrons. The number of aromatic nitrogens is 3. The number of carbonyl (C=O) groups excluding carboxylic acids is 1. The Kier molecular flexibility index (Phi) is 5.36. The van der Waals surface area contributed by atoms with Gasteiger partial charge in [0.2, 0.25) is 0 Å². The van der Waals surface area contributed by atoms with Gasteiger partial charge in [0, 0.05) is 28.9 Å². The molecule has 0 radical (unpaired) electrons. The molecule has 7 nitrogen and oxygen atoms in total. The van der Waals surface area contributed by atoms with Crippen LogP contribution >= 0.6 is 0 Å². The number of hydrogen-bond donors (Lipinski definition) is 0. The number of esters is 1. The van der Waals surface area contributed by atoms with Gasteiger partial charge in [-0.05, 0) is 30.3 Å². The zero-order chi connectivity index (χ0) is 22.2. The predicted molar refractivity (Wildman–Crippen MR) is 113 cm³/mol. The molecule has 0 aliphatic rings. The number of methoxy groups -OCH3 is 1. The average molecular weight is 441 g/mol. The number of carbonyl (C=O) groups is 1. The van der Waals surface area contributed by atoms with E-state index in [1.165, 1.54) is 37.6 Å². The van der Waals surface area contributed by atoms with Crippen LogP contribution in [0.15, 0.2) is 72.0 Å². The summed E-state index contributed by atoms with van der Waals surface area (Å²) in [5.74, 6) is -1.28. The van der Waals surface area contributed by atoms with Crippen molar-refractivity contribution in [2.45, 2.75) is 18.4 Å². The number of fused-ring (bicyclic) bond motifs is 1. The summed E-state index contributed by atoms with van der Waals surface area (Å²) in [4.78, 5) is 11.8. The van der Waals surface area contributed by atoms with Crippen LogP contribution in [-0.2, 0) is 26.1 Å². The van der Waals surface area contributed by atoms with Crippen molar-refractivity contribution in [2.75, 3.05) is 7.11 Å². The molecule has 4 aromatic rings. The molecule has 9 heteroatoms. The molecule has 0 saturated heterocycles. The third-order valence-electron chi connectivity index (χ3n) is 5.04. The van der Waals surface area contributed by atoms with E-state index < -0.39 is 21.8 Å². The Morgan fingerprint density at radius 2 is 1.90 bits per heavy atom. The topological polar surface area (TPSA) is 83.2 Å². The Balaban J connectivity index is 1.82. The summed E-state index contributed by atoms with van der Waals surface area (Å²) in [7, 11) is -2.61. The maximum absolute atomic E-state index is 14.0. The second-order valence-electron chi connectivity index (χ2n) is 7.19. The molecule has 0 saturated carbocycles. The van der Waals surface area contributed by atoms with Gasteiger partial charge in [-0.1, -0.05) is 25.1 Å². The minimum atomic E-state index is -3.93. The van der Waals surface area contributed by atoms with Crippen molar-refractivity contribution < 1.29 is 22.3 Å². The first-order valence-corrected chi connectivity index (χ1v) is 11.0. The smallest absolute Gasteiger partial charge is 0.310 e. The van der Waals surface area contributed by atoms with Gasteiger partial charge in [0.15, 0.2) is 0 Å². The number of ether oxygens (including phenoxy) is 1. The molecule has 0 aliphatic heterocycles. The number of nitrogens with zero attached hydrogens (tertiary/aromatic N) is 3. The quantitative estimate of drug-likeness (QED) is 0.426. The lowest BCUT2D eigenvalue weighted by molar-refractivity contribution is -0.145. The van der Waals surface area contributed by atoms with Gasteiger partial charge >= 0.3 is 5.97 Å². The molecule has 0 spiro atoms. The van der Waals surface area contributed by atoms with Crippen molar-refractivity contribution in [3.63, 3.8) is 0 Å². The molecule has 1 atom stereocenters. The molecule has 0 fully saturated rings. The van der Waals surface area contributed by atoms with E-state index in [-0.39, 0.29) is 16.4 Å². The number of rotatable bonds is 6. The molecular formula is C22H20FN3O4S. The molecule has 4 rings (SSSR count). The summed E-state index contributed by atoms with van der Waals surface area (Å²) in [6.07, 6.45) is 4.77. The summed E-state index contributed by atoms with van der Waals surface area (Å²) in [6, 6.07) is 12.0. The maximum Gasteiger partial charge on any atom is 0.310 e. The van der Waals surface area contributed by atoms with Crippen molar-refractivity contribution in [1.82, 2.24) is 13.8 Å². The Bertz CT molecular complexity index is 1360. The standard InChI is InChI=1S/C22H20FN3O4S/c1-15(22(27)30-2)12-25-13-16(11-24-25)20-14-26(21-10-17(23)8-9-19(20)21)31(28,29)18-6-4-3-5-7-18/h3-11,13-15H,12H2,1-2H3. The lowest BCUT2D eigenvalue weighted by Gasteiger charge is -2.08. The zero-order valence-electron chi connectivity index (χ0n) is 16.9. The fourth-order valence-electron chi connectivity index (χ4n) is 3.46. The summed E-state index contributed by atoms with van der Waals surface area (Å²) in [6.45, 7) is 2.04. The molecule has 1 unspecified atom stereocenters. The van der Waals surface area contributed by atoms with E-state index in [4.69, 9.17) is 4.74 Å². The largest absolute Gasteiger partial charge is 0.469 e. The number of hydrogen-bond acceptors (Lipinski definition) is 5. The first-order chi connectivity index (χ1) is 14.8. The predicted octanol–water partition coefficient (Wildman–Crippen LogP) is 3.69. The third kappa shape index (κ3) is 3.84. The van der Waals surface area contributed by atoms with Crippen LogP contribution in [0.25, 0.3) is 22.0 Å². The minimum absolute atomic E-state index is 0.102. The second-order valence-corrected chi connectivity index (χ2v) is 9.01. The molecule has 0 bridgehead atoms. The highest BCUT2D eigenvalue weighted by atomic mass is 32.2. The van der Waals surface area contributed by atoms with Crippen LogP contribution in [0, 0.1) is 11.7 Å². The third-order valence-corrected chi connectivity index (χ3v) is 6.73. The lowest BCUT2D eigenvalue weighted by Crippen LogP contribution is -2.18. The fourth-order valence-corrected chi connectivity index (χ4v) is 4.85. The molecule has 2 heterocycles. The Labute approximate surface area is 178 Å². The Morgan fingerprint density at radius 1 is 1.16 bits per heavy atom. The number of benzene rings is 2. The van der Waals surface area contributed by atoms with Crippen molar-refractivity contribution in [1.29, 1.82) is 0 Å². The second kappa shape index (κ2) is 7.99. The number of halogens is 1. The highest BCUT2D eigenvalue weighted by molar-refractivity contribution is 7.90. The van der Waals surface area contributed by atoms with Crippen molar-refractivity contribution >= 4 is 26.9 Å². The van der Waals surface area contributed by atoms with Gasteiger partial charge < -0.3 is 4.74 Å². The van der Waals surface area contributed by atoms with Gasteiger partial charge in [-0.15, -0.1) is 0 Å². The van der Waals surface area contributed by atoms with Gasteiger partial charge in [0.25, 0.3) is 10.0 Å². The minimum Gasteiger partial charge on any atom is -0.469 e. The van der Waals surface area contributed by atoms with Crippen LogP contribution < -0.4 is 0 Å². The van der Waals surface area contributed by atoms with E-state index in [2.05, 4.69) is 5.10 Å². The van der Waals surface area contributed by atoms with E-state index in [0.717, 1.165) is 3.97 Å². The SMILES string of the molecule is COC(=O)C(C)Cn1cc(-c2cn(S(=O)(=O)c3ccccc3)c3cc(F)ccc23)cn1. The lowest BCUT2D eigenvalue weighted by atomic mass is 10.1. The van der Waals surface area contributed by atoms with Crippen LogP contribution in [0.1, 0.15) is 6.92 Å². The van der Waals surface area contributed by atoms with Gasteiger partial charge in [-0.25, -0.2) is 16.8 Å². The van der Waals surface area contributed by atoms with Crippen molar-refractivity contribution in [3.8, 4) is 11.1 Å². The maximum atomic E-state index is 14.0. The molecule has 0 N–H and O–H groups in total. The van der Waals surface area contributed by atoms with Crippen LogP contribution in [0.5, 0.6) is 0 Å². The van der Waals surface area contributed by atoms with Gasteiger partial charge in [0.05, 0.1) is 36.2 Å². The van der Waals surface area contributed by atoms with E-state index in [1.807, 2.05) is 0 Å². The molecule has 2 aromatic carbocycles. The van der Waals surface area contributed by atoms with E-state index in [0.29, 0.717) is 23.1 Å². The van der Waals surface area contributed by atoms with Crippen molar-refractivity contribution in [2.24, 2.45) is 5.92 Å². The monoisotopic (exact) mass is 441 g/mol. The van der Waals surface area contributed by atoms with E-state index >= 15 is 0 Å². The van der Waals surface area contributed by atoms with Crippen LogP contribution in [0.2, 0.25) is 0 Å². The Hall–Kier alpha value is -3.46. The summed E-state index contributed by atoms with van der Waals surface area (Å²) in [5, 5.41) is 4.85. The Morgan fingerprint density at radius 3 is 2.61 bits per heavy atom. The summed E-state index contributed by atoms with van der Waals surface area (Å²) < 4.78 is 47.9. The first kappa shape index (κ1) is 20.8. The molecule has 0 aliphatic carbocycles. The summed E-state index contributed by atoms with van der Waals surface area (Å²) in [5.41, 5.74) is 1.47. The molecule has 0 amide bonds. The van der Waals surface area contributed by atoms with Crippen molar-refractivity contribution in [3.05, 3.63) is 72.9 Å². The van der Waals surface area contributed by atoms with Gasteiger partial charge in [-0.2, -0.15) is 5.10 Å². The highest BCUT2D eigenvalue weighted by Crippen LogP contribution is 2.33. The zero-order valence-corrected chi connectivity index (χ0v) is 17.7. The van der Waals surface area contributed by atoms with Gasteiger partial charge in [-0.3, -0.25) is 9.48 Å². The average Bonchev–Trinajstić information content (AvgIpc) is 3.38. The normalized spacial score (nSPS) is 12.7. The van der Waals surface area contributed by atoms with Gasteiger partial charge in [0.1, 0.15) is 5.82 Å². The van der Waals surface area contributed by atoms with Crippen LogP contribution in [-0.4, -0.2) is 35.2 Å². The highest BCUT2D eigenvalue weighted by Gasteiger charge is 2.23. The van der Waals surface area contributed by atoms with Crippen LogP contribution in [0.3, 0.4) is 0 Å². The molecule has 31 heavy (non-hydrogen) atoms. The molecule has 2 aromatic heterocycles. The van der Waals surface area contributed by atoms with E-state index in [9.17, 15) is 17.6 Å². The fraction of sp³-hybridized carbons (Fsp3) is 0.182. The van der Waals surface area contributed by atoms with Crippen LogP contribution in [0.4, 0.5) is 4.39 Å². The van der Waals surface area contributed by atoms with E-state index in [1.54, 1.807) is 48.3 Å².